The molecule has 0 heterocycles. The fraction of sp³-hybridized carbons (Fsp3) is 0.500. The first-order chi connectivity index (χ1) is 9.31. The highest BCUT2D eigenvalue weighted by Crippen LogP contribution is 2.47. The molecule has 0 saturated heterocycles. The second-order valence-corrected chi connectivity index (χ2v) is 5.81. The Bertz CT molecular complexity index is 469. The number of rotatable bonds is 4. The lowest BCUT2D eigenvalue weighted by atomic mass is 9.90. The SMILES string of the molecule is O=C(Cc1ccccc1)N/N=C\C1CC2CCC1C2. The molecule has 19 heavy (non-hydrogen) atoms. The first-order valence-corrected chi connectivity index (χ1v) is 7.17. The number of carbonyl (C=O) groups excluding carboxylic acids is 1. The molecule has 1 aromatic carbocycles. The number of amides is 1. The second kappa shape index (κ2) is 5.55. The number of nitrogens with zero attached hydrogens (tertiary/aromatic N) is 1. The maximum Gasteiger partial charge on any atom is 0.244 e. The molecule has 0 radical (unpaired) electrons. The molecule has 3 rings (SSSR count). The van der Waals surface area contributed by atoms with E-state index in [1.165, 1.54) is 25.7 Å². The molecule has 2 aliphatic carbocycles. The van der Waals surface area contributed by atoms with Gasteiger partial charge in [0.25, 0.3) is 0 Å². The van der Waals surface area contributed by atoms with E-state index in [2.05, 4.69) is 10.5 Å². The molecule has 100 valence electrons. The van der Waals surface area contributed by atoms with Crippen molar-refractivity contribution in [2.75, 3.05) is 0 Å². The van der Waals surface area contributed by atoms with Gasteiger partial charge in [-0.25, -0.2) is 5.43 Å². The molecule has 1 amide bonds. The molecule has 2 fully saturated rings. The highest BCUT2D eigenvalue weighted by molar-refractivity contribution is 5.79. The molecule has 0 aliphatic heterocycles. The summed E-state index contributed by atoms with van der Waals surface area (Å²) in [5, 5.41) is 4.14. The molecule has 0 aromatic heterocycles. The Morgan fingerprint density at radius 3 is 2.79 bits per heavy atom. The molecule has 2 aliphatic rings. The van der Waals surface area contributed by atoms with Crippen molar-refractivity contribution >= 4 is 12.1 Å². The van der Waals surface area contributed by atoms with E-state index in [0.29, 0.717) is 12.3 Å². The van der Waals surface area contributed by atoms with E-state index in [4.69, 9.17) is 0 Å². The number of hydrogen-bond acceptors (Lipinski definition) is 2. The molecule has 3 nitrogen and oxygen atoms in total. The van der Waals surface area contributed by atoms with Crippen LogP contribution in [0.5, 0.6) is 0 Å². The monoisotopic (exact) mass is 256 g/mol. The van der Waals surface area contributed by atoms with Crippen molar-refractivity contribution in [2.45, 2.75) is 32.1 Å². The van der Waals surface area contributed by atoms with Crippen molar-refractivity contribution in [3.8, 4) is 0 Å². The van der Waals surface area contributed by atoms with E-state index < -0.39 is 0 Å². The van der Waals surface area contributed by atoms with Crippen LogP contribution in [-0.2, 0) is 11.2 Å². The van der Waals surface area contributed by atoms with Crippen molar-refractivity contribution in [1.82, 2.24) is 5.43 Å². The predicted molar refractivity (Wildman–Crippen MR) is 75.7 cm³/mol. The van der Waals surface area contributed by atoms with Crippen molar-refractivity contribution in [1.29, 1.82) is 0 Å². The van der Waals surface area contributed by atoms with Crippen LogP contribution in [0.15, 0.2) is 35.4 Å². The summed E-state index contributed by atoms with van der Waals surface area (Å²) in [6.07, 6.45) is 7.74. The molecular weight excluding hydrogens is 236 g/mol. The summed E-state index contributed by atoms with van der Waals surface area (Å²) in [4.78, 5) is 11.7. The summed E-state index contributed by atoms with van der Waals surface area (Å²) in [7, 11) is 0. The summed E-state index contributed by atoms with van der Waals surface area (Å²) < 4.78 is 0. The molecule has 2 bridgehead atoms. The van der Waals surface area contributed by atoms with Crippen LogP contribution in [0, 0.1) is 17.8 Å². The first kappa shape index (κ1) is 12.4. The number of hydrogen-bond donors (Lipinski definition) is 1. The van der Waals surface area contributed by atoms with E-state index in [1.807, 2.05) is 36.5 Å². The summed E-state index contributed by atoms with van der Waals surface area (Å²) >= 11 is 0. The van der Waals surface area contributed by atoms with Gasteiger partial charge in [-0.1, -0.05) is 36.8 Å². The lowest BCUT2D eigenvalue weighted by molar-refractivity contribution is -0.120. The summed E-state index contributed by atoms with van der Waals surface area (Å²) in [6.45, 7) is 0. The Morgan fingerprint density at radius 2 is 2.11 bits per heavy atom. The standard InChI is InChI=1S/C16H20N2O/c19-16(10-12-4-2-1-3-5-12)18-17-11-15-9-13-6-7-14(15)8-13/h1-5,11,13-15H,6-10H2,(H,18,19)/b17-11-. The average molecular weight is 256 g/mol. The van der Waals surface area contributed by atoms with Gasteiger partial charge in [-0.3, -0.25) is 4.79 Å². The van der Waals surface area contributed by atoms with E-state index >= 15 is 0 Å². The summed E-state index contributed by atoms with van der Waals surface area (Å²) in [5.41, 5.74) is 3.67. The van der Waals surface area contributed by atoms with Crippen molar-refractivity contribution in [2.24, 2.45) is 22.9 Å². The van der Waals surface area contributed by atoms with Crippen LogP contribution >= 0.6 is 0 Å². The van der Waals surface area contributed by atoms with Gasteiger partial charge in [0.05, 0.1) is 6.42 Å². The Labute approximate surface area is 114 Å². The van der Waals surface area contributed by atoms with E-state index in [9.17, 15) is 4.79 Å². The third-order valence-corrected chi connectivity index (χ3v) is 4.46. The summed E-state index contributed by atoms with van der Waals surface area (Å²) in [6, 6.07) is 9.76. The van der Waals surface area contributed by atoms with Gasteiger partial charge in [0.15, 0.2) is 0 Å². The van der Waals surface area contributed by atoms with Crippen LogP contribution in [0.3, 0.4) is 0 Å². The lowest BCUT2D eigenvalue weighted by Gasteiger charge is -2.16. The van der Waals surface area contributed by atoms with Gasteiger partial charge in [-0.15, -0.1) is 0 Å². The Kier molecular flexibility index (Phi) is 3.62. The van der Waals surface area contributed by atoms with Gasteiger partial charge < -0.3 is 0 Å². The molecule has 1 aromatic rings. The predicted octanol–water partition coefficient (Wildman–Crippen LogP) is 2.77. The second-order valence-electron chi connectivity index (χ2n) is 5.81. The molecule has 3 heteroatoms. The zero-order chi connectivity index (χ0) is 13.1. The third-order valence-electron chi connectivity index (χ3n) is 4.46. The number of benzene rings is 1. The van der Waals surface area contributed by atoms with Crippen LogP contribution < -0.4 is 5.43 Å². The molecule has 3 unspecified atom stereocenters. The fourth-order valence-corrected chi connectivity index (χ4v) is 3.50. The number of nitrogens with one attached hydrogen (secondary N) is 1. The molecule has 1 N–H and O–H groups in total. The molecule has 3 atom stereocenters. The third kappa shape index (κ3) is 3.03. The Morgan fingerprint density at radius 1 is 1.26 bits per heavy atom. The van der Waals surface area contributed by atoms with E-state index in [1.54, 1.807) is 0 Å². The first-order valence-electron chi connectivity index (χ1n) is 7.17. The van der Waals surface area contributed by atoms with E-state index in [0.717, 1.165) is 17.4 Å². The normalized spacial score (nSPS) is 28.9. The van der Waals surface area contributed by atoms with Crippen LogP contribution in [-0.4, -0.2) is 12.1 Å². The minimum Gasteiger partial charge on any atom is -0.273 e. The van der Waals surface area contributed by atoms with Crippen LogP contribution in [0.25, 0.3) is 0 Å². The van der Waals surface area contributed by atoms with Gasteiger partial charge >= 0.3 is 0 Å². The topological polar surface area (TPSA) is 41.5 Å². The van der Waals surface area contributed by atoms with Gasteiger partial charge in [0.2, 0.25) is 5.91 Å². The minimum atomic E-state index is -0.0365. The molecule has 2 saturated carbocycles. The van der Waals surface area contributed by atoms with Crippen LogP contribution in [0.4, 0.5) is 0 Å². The zero-order valence-corrected chi connectivity index (χ0v) is 11.1. The fourth-order valence-electron chi connectivity index (χ4n) is 3.50. The van der Waals surface area contributed by atoms with Crippen LogP contribution in [0.2, 0.25) is 0 Å². The van der Waals surface area contributed by atoms with Gasteiger partial charge in [0, 0.05) is 6.21 Å². The largest absolute Gasteiger partial charge is 0.273 e. The van der Waals surface area contributed by atoms with Crippen molar-refractivity contribution in [3.05, 3.63) is 35.9 Å². The highest BCUT2D eigenvalue weighted by Gasteiger charge is 2.38. The van der Waals surface area contributed by atoms with Crippen molar-refractivity contribution < 1.29 is 4.79 Å². The maximum atomic E-state index is 11.7. The zero-order valence-electron chi connectivity index (χ0n) is 11.1. The number of fused-ring (bicyclic) bond motifs is 2. The minimum absolute atomic E-state index is 0.0365. The van der Waals surface area contributed by atoms with Crippen LogP contribution in [0.1, 0.15) is 31.2 Å². The highest BCUT2D eigenvalue weighted by atomic mass is 16.2. The number of carbonyl (C=O) groups is 1. The molecular formula is C16H20N2O. The summed E-state index contributed by atoms with van der Waals surface area (Å²) in [5.74, 6) is 2.29. The lowest BCUT2D eigenvalue weighted by Crippen LogP contribution is -2.21. The quantitative estimate of drug-likeness (QED) is 0.653. The van der Waals surface area contributed by atoms with Gasteiger partial charge in [-0.05, 0) is 42.6 Å². The maximum absolute atomic E-state index is 11.7. The Balaban J connectivity index is 1.46. The van der Waals surface area contributed by atoms with Gasteiger partial charge in [0.1, 0.15) is 0 Å². The number of hydrazone groups is 1. The smallest absolute Gasteiger partial charge is 0.244 e. The average Bonchev–Trinajstić information content (AvgIpc) is 3.02. The van der Waals surface area contributed by atoms with E-state index in [-0.39, 0.29) is 5.91 Å². The van der Waals surface area contributed by atoms with Crippen molar-refractivity contribution in [3.63, 3.8) is 0 Å². The Hall–Kier alpha value is -1.64. The van der Waals surface area contributed by atoms with Gasteiger partial charge in [-0.2, -0.15) is 5.10 Å². The molecule has 0 spiro atoms.